The van der Waals surface area contributed by atoms with Crippen LogP contribution in [-0.2, 0) is 9.59 Å². The minimum Gasteiger partial charge on any atom is -0.354 e. The number of carbonyl (C=O) groups excluding carboxylic acids is 2. The third-order valence-corrected chi connectivity index (χ3v) is 3.84. The van der Waals surface area contributed by atoms with Crippen LogP contribution < -0.4 is 10.6 Å². The molecule has 4 nitrogen and oxygen atoms in total. The van der Waals surface area contributed by atoms with E-state index in [2.05, 4.69) is 10.6 Å². The number of nitrogens with one attached hydrogen (secondary N) is 2. The maximum atomic E-state index is 10.1. The molecule has 0 radical (unpaired) electrons. The van der Waals surface area contributed by atoms with Gasteiger partial charge in [0.1, 0.15) is 0 Å². The average Bonchev–Trinajstić information content (AvgIpc) is 2.87. The van der Waals surface area contributed by atoms with E-state index in [4.69, 9.17) is 11.6 Å². The van der Waals surface area contributed by atoms with Gasteiger partial charge in [-0.2, -0.15) is 11.8 Å². The Morgan fingerprint density at radius 2 is 1.95 bits per heavy atom. The summed E-state index contributed by atoms with van der Waals surface area (Å²) in [6, 6.07) is 0.780. The van der Waals surface area contributed by atoms with Crippen LogP contribution in [0.25, 0.3) is 0 Å². The van der Waals surface area contributed by atoms with E-state index in [-0.39, 0.29) is 5.24 Å². The summed E-state index contributed by atoms with van der Waals surface area (Å²) in [6.07, 6.45) is 3.26. The molecule has 1 heterocycles. The van der Waals surface area contributed by atoms with Gasteiger partial charge in [-0.1, -0.05) is 27.2 Å². The number of likely N-dealkylation sites (N-methyl/N-ethyl adjacent to an activating group) is 1. The molecule has 1 aliphatic rings. The molecule has 0 spiro atoms. The zero-order valence-electron chi connectivity index (χ0n) is 12.4. The third-order valence-electron chi connectivity index (χ3n) is 2.46. The van der Waals surface area contributed by atoms with Crippen molar-refractivity contribution in [3.8, 4) is 0 Å². The van der Waals surface area contributed by atoms with Crippen LogP contribution in [0.2, 0.25) is 0 Å². The zero-order valence-corrected chi connectivity index (χ0v) is 13.9. The summed E-state index contributed by atoms with van der Waals surface area (Å²) in [6.45, 7) is 6.03. The van der Waals surface area contributed by atoms with Gasteiger partial charge >= 0.3 is 0 Å². The number of hydrogen-bond donors (Lipinski definition) is 2. The Hall–Kier alpha value is -0.260. The van der Waals surface area contributed by atoms with Crippen molar-refractivity contribution in [1.29, 1.82) is 0 Å². The van der Waals surface area contributed by atoms with Gasteiger partial charge in [0, 0.05) is 24.0 Å². The lowest BCUT2D eigenvalue weighted by atomic mass is 10.2. The van der Waals surface area contributed by atoms with E-state index in [1.165, 1.54) is 0 Å². The fourth-order valence-corrected chi connectivity index (χ4v) is 2.91. The molecule has 1 saturated heterocycles. The molecular weight excluding hydrogens is 284 g/mol. The summed E-state index contributed by atoms with van der Waals surface area (Å²) in [5.74, 6) is 2.13. The molecule has 6 heteroatoms. The van der Waals surface area contributed by atoms with Crippen molar-refractivity contribution in [3.63, 3.8) is 0 Å². The van der Waals surface area contributed by atoms with E-state index in [9.17, 15) is 9.59 Å². The standard InChI is InChI=1S/C6H12N2OS.C5H9ClO.C2H6/c1-7-5-2-10-3-6(5)8-4-9;1-2-3-4-5(6)7;1-2/h4-7H,2-3H2,1H3,(H,8,9);2-4H2,1H3;1-2H3. The van der Waals surface area contributed by atoms with Crippen LogP contribution in [0.5, 0.6) is 0 Å². The average molecular weight is 311 g/mol. The van der Waals surface area contributed by atoms with Gasteiger partial charge in [0.05, 0.1) is 6.04 Å². The first-order chi connectivity index (χ1) is 9.15. The Morgan fingerprint density at radius 1 is 1.37 bits per heavy atom. The number of rotatable bonds is 6. The lowest BCUT2D eigenvalue weighted by Gasteiger charge is -2.16. The van der Waals surface area contributed by atoms with Gasteiger partial charge < -0.3 is 10.6 Å². The lowest BCUT2D eigenvalue weighted by Crippen LogP contribution is -2.45. The molecule has 0 aliphatic carbocycles. The van der Waals surface area contributed by atoms with Crippen LogP contribution in [0.15, 0.2) is 0 Å². The molecule has 19 heavy (non-hydrogen) atoms. The van der Waals surface area contributed by atoms with Crippen molar-refractivity contribution in [2.24, 2.45) is 0 Å². The highest BCUT2D eigenvalue weighted by molar-refractivity contribution is 7.99. The second-order valence-corrected chi connectivity index (χ2v) is 5.28. The Kier molecular flexibility index (Phi) is 17.5. The molecule has 2 N–H and O–H groups in total. The van der Waals surface area contributed by atoms with E-state index in [1.54, 1.807) is 0 Å². The molecule has 1 rings (SSSR count). The zero-order chi connectivity index (χ0) is 15.1. The minimum atomic E-state index is -0.221. The van der Waals surface area contributed by atoms with Crippen molar-refractivity contribution < 1.29 is 9.59 Å². The molecule has 1 amide bonds. The van der Waals surface area contributed by atoms with Gasteiger partial charge in [-0.25, -0.2) is 0 Å². The SMILES string of the molecule is CC.CCCCC(=O)Cl.CNC1CSCC1NC=O. The van der Waals surface area contributed by atoms with Crippen LogP contribution in [-0.4, -0.2) is 42.3 Å². The first kappa shape index (κ1) is 21.0. The maximum absolute atomic E-state index is 10.1. The number of carbonyl (C=O) groups is 2. The number of unbranched alkanes of at least 4 members (excludes halogenated alkanes) is 1. The maximum Gasteiger partial charge on any atom is 0.221 e. The predicted octanol–water partition coefficient (Wildman–Crippen LogP) is 2.40. The molecule has 0 saturated carbocycles. The first-order valence-corrected chi connectivity index (χ1v) is 8.32. The van der Waals surface area contributed by atoms with E-state index >= 15 is 0 Å². The second kappa shape index (κ2) is 15.8. The summed E-state index contributed by atoms with van der Waals surface area (Å²) in [4.78, 5) is 20.0. The third kappa shape index (κ3) is 12.5. The van der Waals surface area contributed by atoms with Gasteiger partial charge in [-0.3, -0.25) is 9.59 Å². The first-order valence-electron chi connectivity index (χ1n) is 6.78. The quantitative estimate of drug-likeness (QED) is 0.584. The van der Waals surface area contributed by atoms with Gasteiger partial charge in [0.15, 0.2) is 0 Å². The van der Waals surface area contributed by atoms with E-state index in [0.29, 0.717) is 18.5 Å². The number of amides is 1. The largest absolute Gasteiger partial charge is 0.354 e. The molecule has 1 aliphatic heterocycles. The Labute approximate surface area is 126 Å². The van der Waals surface area contributed by atoms with Gasteiger partial charge in [-0.05, 0) is 25.1 Å². The van der Waals surface area contributed by atoms with E-state index in [0.717, 1.165) is 30.8 Å². The molecule has 114 valence electrons. The Balaban J connectivity index is 0. The second-order valence-electron chi connectivity index (χ2n) is 3.78. The van der Waals surface area contributed by atoms with E-state index < -0.39 is 0 Å². The van der Waals surface area contributed by atoms with Crippen LogP contribution in [0, 0.1) is 0 Å². The molecule has 0 aromatic rings. The fourth-order valence-electron chi connectivity index (χ4n) is 1.41. The number of halogens is 1. The van der Waals surface area contributed by atoms with Crippen LogP contribution in [0.4, 0.5) is 0 Å². The number of thioether (sulfide) groups is 1. The molecule has 0 aromatic carbocycles. The van der Waals surface area contributed by atoms with Crippen molar-refractivity contribution in [2.75, 3.05) is 18.6 Å². The summed E-state index contributed by atoms with van der Waals surface area (Å²) in [5, 5.41) is 5.72. The normalized spacial score (nSPS) is 20.5. The molecule has 0 bridgehead atoms. The predicted molar refractivity (Wildman–Crippen MR) is 84.9 cm³/mol. The Bertz CT molecular complexity index is 231. The van der Waals surface area contributed by atoms with Crippen molar-refractivity contribution >= 4 is 35.0 Å². The van der Waals surface area contributed by atoms with Crippen molar-refractivity contribution in [3.05, 3.63) is 0 Å². The van der Waals surface area contributed by atoms with Crippen molar-refractivity contribution in [2.45, 2.75) is 52.1 Å². The van der Waals surface area contributed by atoms with Crippen LogP contribution >= 0.6 is 23.4 Å². The van der Waals surface area contributed by atoms with Gasteiger partial charge in [0.25, 0.3) is 0 Å². The summed E-state index contributed by atoms with van der Waals surface area (Å²) >= 11 is 6.89. The highest BCUT2D eigenvalue weighted by atomic mass is 35.5. The lowest BCUT2D eigenvalue weighted by molar-refractivity contribution is -0.112. The van der Waals surface area contributed by atoms with E-state index in [1.807, 2.05) is 39.6 Å². The highest BCUT2D eigenvalue weighted by Gasteiger charge is 2.25. The molecular formula is C13H27ClN2O2S. The molecule has 2 atom stereocenters. The number of hydrogen-bond acceptors (Lipinski definition) is 4. The van der Waals surface area contributed by atoms with Crippen LogP contribution in [0.1, 0.15) is 40.0 Å². The van der Waals surface area contributed by atoms with Gasteiger partial charge in [0.2, 0.25) is 11.7 Å². The molecule has 1 fully saturated rings. The smallest absolute Gasteiger partial charge is 0.221 e. The minimum absolute atomic E-state index is 0.221. The van der Waals surface area contributed by atoms with Crippen LogP contribution in [0.3, 0.4) is 0 Å². The van der Waals surface area contributed by atoms with Gasteiger partial charge in [-0.15, -0.1) is 0 Å². The fraction of sp³-hybridized carbons (Fsp3) is 0.846. The summed E-state index contributed by atoms with van der Waals surface area (Å²) in [5.41, 5.74) is 0. The monoisotopic (exact) mass is 310 g/mol. The topological polar surface area (TPSA) is 58.2 Å². The molecule has 2 unspecified atom stereocenters. The Morgan fingerprint density at radius 3 is 2.32 bits per heavy atom. The summed E-state index contributed by atoms with van der Waals surface area (Å²) < 4.78 is 0. The summed E-state index contributed by atoms with van der Waals surface area (Å²) in [7, 11) is 1.93. The molecule has 0 aromatic heterocycles. The highest BCUT2D eigenvalue weighted by Crippen LogP contribution is 2.17. The van der Waals surface area contributed by atoms with Crippen molar-refractivity contribution in [1.82, 2.24) is 10.6 Å².